The minimum absolute atomic E-state index is 0.143. The van der Waals surface area contributed by atoms with Crippen molar-refractivity contribution in [3.8, 4) is 0 Å². The van der Waals surface area contributed by atoms with Crippen LogP contribution in [0.1, 0.15) is 85.0 Å². The third-order valence-corrected chi connectivity index (χ3v) is 3.58. The average Bonchev–Trinajstić information content (AvgIpc) is 2.97. The molecule has 1 fully saturated rings. The van der Waals surface area contributed by atoms with Gasteiger partial charge in [-0.1, -0.05) is 20.8 Å². The molecule has 0 radical (unpaired) electrons. The summed E-state index contributed by atoms with van der Waals surface area (Å²) in [6, 6.07) is 0. The predicted molar refractivity (Wildman–Crippen MR) is 92.0 cm³/mol. The molecule has 0 saturated heterocycles. The summed E-state index contributed by atoms with van der Waals surface area (Å²) in [4.78, 5) is 42.2. The molecule has 1 atom stereocenters. The number of aliphatic carboxylic acids is 2. The first-order valence-corrected chi connectivity index (χ1v) is 8.82. The lowest BCUT2D eigenvalue weighted by molar-refractivity contribution is -0.138. The molecule has 0 aliphatic heterocycles. The van der Waals surface area contributed by atoms with Gasteiger partial charge in [0, 0.05) is 38.5 Å². The summed E-state index contributed by atoms with van der Waals surface area (Å²) in [7, 11) is 0. The second kappa shape index (κ2) is 16.1. The quantitative estimate of drug-likeness (QED) is 0.615. The number of carbonyl (C=O) groups is 4. The molecule has 1 saturated carbocycles. The molecule has 0 amide bonds. The Morgan fingerprint density at radius 3 is 1.96 bits per heavy atom. The van der Waals surface area contributed by atoms with E-state index in [0.29, 0.717) is 50.2 Å². The molecular formula is C18H32O6. The molecule has 140 valence electrons. The van der Waals surface area contributed by atoms with Gasteiger partial charge in [-0.05, 0) is 31.6 Å². The van der Waals surface area contributed by atoms with Crippen LogP contribution in [-0.2, 0) is 19.2 Å². The zero-order chi connectivity index (χ0) is 19.0. The molecule has 0 heterocycles. The van der Waals surface area contributed by atoms with Gasteiger partial charge in [0.1, 0.15) is 11.6 Å². The molecule has 1 aliphatic rings. The van der Waals surface area contributed by atoms with Crippen LogP contribution in [0.4, 0.5) is 0 Å². The molecule has 1 unspecified atom stereocenters. The molecule has 0 aromatic carbocycles. The highest BCUT2D eigenvalue weighted by atomic mass is 16.4. The van der Waals surface area contributed by atoms with Crippen molar-refractivity contribution in [3.05, 3.63) is 0 Å². The molecule has 0 aromatic heterocycles. The second-order valence-corrected chi connectivity index (χ2v) is 5.57. The molecule has 0 bridgehead atoms. The lowest BCUT2D eigenvalue weighted by Crippen LogP contribution is -2.03. The fourth-order valence-corrected chi connectivity index (χ4v) is 2.23. The maximum absolute atomic E-state index is 11.5. The zero-order valence-electron chi connectivity index (χ0n) is 15.2. The second-order valence-electron chi connectivity index (χ2n) is 5.57. The first kappa shape index (κ1) is 24.5. The van der Waals surface area contributed by atoms with E-state index in [1.54, 1.807) is 6.92 Å². The Balaban J connectivity index is 0. The van der Waals surface area contributed by atoms with Crippen molar-refractivity contribution >= 4 is 23.5 Å². The van der Waals surface area contributed by atoms with Crippen LogP contribution in [0.3, 0.4) is 0 Å². The van der Waals surface area contributed by atoms with E-state index >= 15 is 0 Å². The first-order valence-electron chi connectivity index (χ1n) is 8.82. The first-order chi connectivity index (χ1) is 11.3. The summed E-state index contributed by atoms with van der Waals surface area (Å²) >= 11 is 0. The van der Waals surface area contributed by atoms with Crippen molar-refractivity contribution in [3.63, 3.8) is 0 Å². The average molecular weight is 344 g/mol. The Hall–Kier alpha value is -1.72. The molecule has 6 heteroatoms. The van der Waals surface area contributed by atoms with E-state index in [1.165, 1.54) is 0 Å². The normalized spacial score (nSPS) is 15.6. The largest absolute Gasteiger partial charge is 0.481 e. The van der Waals surface area contributed by atoms with Crippen LogP contribution in [0.2, 0.25) is 0 Å². The van der Waals surface area contributed by atoms with Gasteiger partial charge in [-0.3, -0.25) is 19.2 Å². The van der Waals surface area contributed by atoms with Crippen molar-refractivity contribution in [2.24, 2.45) is 5.92 Å². The minimum atomic E-state index is -0.804. The number of rotatable bonds is 9. The van der Waals surface area contributed by atoms with Crippen LogP contribution in [0.5, 0.6) is 0 Å². The highest BCUT2D eigenvalue weighted by Gasteiger charge is 2.22. The third-order valence-electron chi connectivity index (χ3n) is 3.58. The van der Waals surface area contributed by atoms with Crippen LogP contribution in [-0.4, -0.2) is 33.7 Å². The van der Waals surface area contributed by atoms with Crippen LogP contribution in [0.25, 0.3) is 0 Å². The number of carbonyl (C=O) groups excluding carboxylic acids is 2. The Bertz CT molecular complexity index is 389. The van der Waals surface area contributed by atoms with Gasteiger partial charge in [-0.2, -0.15) is 0 Å². The minimum Gasteiger partial charge on any atom is -0.481 e. The topological polar surface area (TPSA) is 109 Å². The van der Waals surface area contributed by atoms with E-state index in [9.17, 15) is 19.2 Å². The number of hydrogen-bond donors (Lipinski definition) is 2. The van der Waals surface area contributed by atoms with Crippen molar-refractivity contribution < 1.29 is 29.4 Å². The van der Waals surface area contributed by atoms with Gasteiger partial charge in [0.2, 0.25) is 0 Å². The number of unbranched alkanes of at least 4 members (excludes halogenated alkanes) is 1. The summed E-state index contributed by atoms with van der Waals surface area (Å²) in [5, 5.41) is 16.2. The maximum Gasteiger partial charge on any atom is 0.303 e. The summed E-state index contributed by atoms with van der Waals surface area (Å²) in [6.07, 6.45) is 5.71. The highest BCUT2D eigenvalue weighted by molar-refractivity contribution is 5.81. The molecule has 1 rings (SSSR count). The lowest BCUT2D eigenvalue weighted by atomic mass is 9.98. The smallest absolute Gasteiger partial charge is 0.303 e. The van der Waals surface area contributed by atoms with Crippen molar-refractivity contribution in [1.29, 1.82) is 0 Å². The Kier molecular flexibility index (Phi) is 16.5. The van der Waals surface area contributed by atoms with E-state index in [0.717, 1.165) is 12.8 Å². The molecule has 2 N–H and O–H groups in total. The molecule has 0 aromatic rings. The third kappa shape index (κ3) is 16.6. The van der Waals surface area contributed by atoms with Gasteiger partial charge in [-0.25, -0.2) is 0 Å². The molecular weight excluding hydrogens is 312 g/mol. The number of ketones is 2. The number of carboxylic acids is 2. The molecule has 24 heavy (non-hydrogen) atoms. The van der Waals surface area contributed by atoms with Crippen LogP contribution < -0.4 is 0 Å². The van der Waals surface area contributed by atoms with E-state index in [-0.39, 0.29) is 18.6 Å². The summed E-state index contributed by atoms with van der Waals surface area (Å²) < 4.78 is 0. The lowest BCUT2D eigenvalue weighted by Gasteiger charge is -2.06. The maximum atomic E-state index is 11.5. The van der Waals surface area contributed by atoms with Crippen LogP contribution in [0, 0.1) is 5.92 Å². The van der Waals surface area contributed by atoms with Crippen molar-refractivity contribution in [2.75, 3.05) is 0 Å². The SMILES string of the molecule is CC.CCC(=O)O.O=C(O)CCCCC(=O)CCC1CCC(=O)C1. The van der Waals surface area contributed by atoms with Gasteiger partial charge in [0.25, 0.3) is 0 Å². The van der Waals surface area contributed by atoms with Crippen LogP contribution >= 0.6 is 0 Å². The monoisotopic (exact) mass is 344 g/mol. The standard InChI is InChI=1S/C13H20O4.C3H6O2.C2H6/c14-11(3-1-2-4-13(16)17)7-5-10-6-8-12(15)9-10;1-2-3(4)5;1-2/h10H,1-9H2,(H,16,17);2H2,1H3,(H,4,5);1-2H3. The number of carboxylic acid groups (broad SMARTS) is 2. The fourth-order valence-electron chi connectivity index (χ4n) is 2.23. The fraction of sp³-hybridized carbons (Fsp3) is 0.778. The van der Waals surface area contributed by atoms with Gasteiger partial charge < -0.3 is 10.2 Å². The van der Waals surface area contributed by atoms with Crippen molar-refractivity contribution in [1.82, 2.24) is 0 Å². The zero-order valence-corrected chi connectivity index (χ0v) is 15.2. The highest BCUT2D eigenvalue weighted by Crippen LogP contribution is 2.26. The molecule has 6 nitrogen and oxygen atoms in total. The summed E-state index contributed by atoms with van der Waals surface area (Å²) in [5.74, 6) is -0.615. The summed E-state index contributed by atoms with van der Waals surface area (Å²) in [6.45, 7) is 5.60. The van der Waals surface area contributed by atoms with E-state index in [1.807, 2.05) is 13.8 Å². The predicted octanol–water partition coefficient (Wildman–Crippen LogP) is 3.86. The van der Waals surface area contributed by atoms with Gasteiger partial charge in [0.05, 0.1) is 0 Å². The number of hydrogen-bond acceptors (Lipinski definition) is 4. The van der Waals surface area contributed by atoms with E-state index in [4.69, 9.17) is 10.2 Å². The molecule has 0 spiro atoms. The van der Waals surface area contributed by atoms with Gasteiger partial charge in [-0.15, -0.1) is 0 Å². The van der Waals surface area contributed by atoms with Crippen molar-refractivity contribution in [2.45, 2.75) is 85.0 Å². The molecule has 1 aliphatic carbocycles. The Morgan fingerprint density at radius 2 is 1.54 bits per heavy atom. The van der Waals surface area contributed by atoms with Crippen LogP contribution in [0.15, 0.2) is 0 Å². The van der Waals surface area contributed by atoms with Gasteiger partial charge in [0.15, 0.2) is 0 Å². The van der Waals surface area contributed by atoms with E-state index in [2.05, 4.69) is 0 Å². The Labute approximate surface area is 144 Å². The van der Waals surface area contributed by atoms with Gasteiger partial charge >= 0.3 is 11.9 Å². The van der Waals surface area contributed by atoms with E-state index < -0.39 is 11.9 Å². The summed E-state index contributed by atoms with van der Waals surface area (Å²) in [5.41, 5.74) is 0. The Morgan fingerprint density at radius 1 is 1.00 bits per heavy atom. The number of Topliss-reactive ketones (excluding diaryl/α,β-unsaturated/α-hetero) is 2.